The molecule has 2 aromatic carbocycles. The van der Waals surface area contributed by atoms with Crippen molar-refractivity contribution in [2.75, 3.05) is 11.4 Å². The highest BCUT2D eigenvalue weighted by atomic mass is 16.2. The van der Waals surface area contributed by atoms with Crippen LogP contribution in [0, 0.1) is 0 Å². The lowest BCUT2D eigenvalue weighted by Gasteiger charge is -2.44. The Morgan fingerprint density at radius 1 is 1.10 bits per heavy atom. The van der Waals surface area contributed by atoms with Gasteiger partial charge >= 0.3 is 0 Å². The van der Waals surface area contributed by atoms with Crippen molar-refractivity contribution in [1.82, 2.24) is 5.32 Å². The second-order valence-electron chi connectivity index (χ2n) is 5.62. The van der Waals surface area contributed by atoms with E-state index in [0.717, 1.165) is 35.3 Å². The molecule has 0 fully saturated rings. The van der Waals surface area contributed by atoms with Gasteiger partial charge < -0.3 is 16.0 Å². The molecular weight excluding hydrogens is 262 g/mol. The van der Waals surface area contributed by atoms with Crippen LogP contribution in [0.15, 0.2) is 48.5 Å². The molecule has 2 aliphatic heterocycles. The van der Waals surface area contributed by atoms with Crippen molar-refractivity contribution in [2.24, 2.45) is 5.73 Å². The third kappa shape index (κ3) is 1.83. The number of hydrogen-bond acceptors (Lipinski definition) is 3. The van der Waals surface area contributed by atoms with Gasteiger partial charge in [0.25, 0.3) is 5.91 Å². The molecule has 0 aliphatic carbocycles. The quantitative estimate of drug-likeness (QED) is 0.842. The van der Waals surface area contributed by atoms with Gasteiger partial charge in [-0.1, -0.05) is 42.5 Å². The molecule has 0 saturated carbocycles. The van der Waals surface area contributed by atoms with E-state index in [9.17, 15) is 4.79 Å². The van der Waals surface area contributed by atoms with E-state index in [0.29, 0.717) is 0 Å². The summed E-state index contributed by atoms with van der Waals surface area (Å²) in [6, 6.07) is 15.9. The number of hydrogen-bond donors (Lipinski definition) is 2. The molecule has 0 aromatic heterocycles. The standard InChI is InChI=1S/C17H17N3O/c18-14-9-10-20-15-12(14)7-4-8-13(15)17(21)19-16(20)11-5-2-1-3-6-11/h1-8,14,16H,9-10,18H2,(H,19,21)/t14-,16-/m0/s1. The molecule has 2 heterocycles. The molecule has 4 heteroatoms. The normalized spacial score (nSPS) is 23.5. The van der Waals surface area contributed by atoms with Crippen molar-refractivity contribution >= 4 is 11.6 Å². The summed E-state index contributed by atoms with van der Waals surface area (Å²) >= 11 is 0. The predicted molar refractivity (Wildman–Crippen MR) is 82.0 cm³/mol. The van der Waals surface area contributed by atoms with Crippen LogP contribution in [0.2, 0.25) is 0 Å². The van der Waals surface area contributed by atoms with Crippen LogP contribution in [0.25, 0.3) is 0 Å². The van der Waals surface area contributed by atoms with Gasteiger partial charge in [0.1, 0.15) is 6.17 Å². The molecule has 3 N–H and O–H groups in total. The zero-order chi connectivity index (χ0) is 14.4. The molecule has 106 valence electrons. The molecule has 4 rings (SSSR count). The van der Waals surface area contributed by atoms with Gasteiger partial charge in [-0.25, -0.2) is 0 Å². The maximum atomic E-state index is 12.4. The van der Waals surface area contributed by atoms with E-state index in [1.165, 1.54) is 0 Å². The maximum Gasteiger partial charge on any atom is 0.255 e. The first kappa shape index (κ1) is 12.4. The predicted octanol–water partition coefficient (Wildman–Crippen LogP) is 2.34. The molecule has 2 aromatic rings. The fourth-order valence-corrected chi connectivity index (χ4v) is 3.35. The lowest BCUT2D eigenvalue weighted by Crippen LogP contribution is -2.49. The van der Waals surface area contributed by atoms with Crippen molar-refractivity contribution in [1.29, 1.82) is 0 Å². The van der Waals surface area contributed by atoms with Gasteiger partial charge in [0, 0.05) is 12.6 Å². The topological polar surface area (TPSA) is 58.4 Å². The van der Waals surface area contributed by atoms with Gasteiger partial charge in [-0.15, -0.1) is 0 Å². The molecule has 0 spiro atoms. The number of benzene rings is 2. The summed E-state index contributed by atoms with van der Waals surface area (Å²) in [4.78, 5) is 14.7. The van der Waals surface area contributed by atoms with Crippen molar-refractivity contribution < 1.29 is 4.79 Å². The maximum absolute atomic E-state index is 12.4. The van der Waals surface area contributed by atoms with Gasteiger partial charge in [-0.05, 0) is 23.6 Å². The van der Waals surface area contributed by atoms with Gasteiger partial charge in [0.15, 0.2) is 0 Å². The first-order valence-corrected chi connectivity index (χ1v) is 7.26. The molecule has 21 heavy (non-hydrogen) atoms. The molecule has 2 aliphatic rings. The summed E-state index contributed by atoms with van der Waals surface area (Å²) in [6.45, 7) is 0.852. The summed E-state index contributed by atoms with van der Waals surface area (Å²) < 4.78 is 0. The van der Waals surface area contributed by atoms with Crippen LogP contribution < -0.4 is 16.0 Å². The average Bonchev–Trinajstić information content (AvgIpc) is 2.53. The highest BCUT2D eigenvalue weighted by molar-refractivity contribution is 6.03. The summed E-state index contributed by atoms with van der Waals surface area (Å²) in [5, 5.41) is 3.11. The van der Waals surface area contributed by atoms with Gasteiger partial charge in [0.05, 0.1) is 11.3 Å². The van der Waals surface area contributed by atoms with Gasteiger partial charge in [-0.2, -0.15) is 0 Å². The lowest BCUT2D eigenvalue weighted by atomic mass is 9.90. The third-order valence-electron chi connectivity index (χ3n) is 4.37. The first-order valence-electron chi connectivity index (χ1n) is 7.26. The van der Waals surface area contributed by atoms with E-state index in [2.05, 4.69) is 10.2 Å². The molecule has 0 bridgehead atoms. The minimum Gasteiger partial charge on any atom is -0.346 e. The Kier molecular flexibility index (Phi) is 2.72. The monoisotopic (exact) mass is 279 g/mol. The molecule has 0 radical (unpaired) electrons. The number of carbonyl (C=O) groups excluding carboxylic acids is 1. The van der Waals surface area contributed by atoms with Crippen LogP contribution in [0.5, 0.6) is 0 Å². The van der Waals surface area contributed by atoms with E-state index in [4.69, 9.17) is 5.73 Å². The number of carbonyl (C=O) groups is 1. The molecule has 1 amide bonds. The van der Waals surface area contributed by atoms with Crippen molar-refractivity contribution in [3.63, 3.8) is 0 Å². The number of nitrogens with one attached hydrogen (secondary N) is 1. The summed E-state index contributed by atoms with van der Waals surface area (Å²) in [6.07, 6.45) is 0.787. The fraction of sp³-hybridized carbons (Fsp3) is 0.235. The summed E-state index contributed by atoms with van der Waals surface area (Å²) in [5.41, 5.74) is 10.1. The highest BCUT2D eigenvalue weighted by Crippen LogP contribution is 2.41. The van der Waals surface area contributed by atoms with Crippen molar-refractivity contribution in [3.05, 3.63) is 65.2 Å². The summed E-state index contributed by atoms with van der Waals surface area (Å²) in [5.74, 6) is -0.0222. The zero-order valence-corrected chi connectivity index (χ0v) is 11.6. The highest BCUT2D eigenvalue weighted by Gasteiger charge is 2.36. The lowest BCUT2D eigenvalue weighted by molar-refractivity contribution is 0.0925. The largest absolute Gasteiger partial charge is 0.346 e. The molecule has 0 saturated heterocycles. The molecule has 4 nitrogen and oxygen atoms in total. The SMILES string of the molecule is N[C@H]1CCN2c3c(cccc31)C(=O)N[C@@H]2c1ccccc1. The number of nitrogens with two attached hydrogens (primary N) is 1. The zero-order valence-electron chi connectivity index (χ0n) is 11.6. The van der Waals surface area contributed by atoms with Crippen LogP contribution in [0.3, 0.4) is 0 Å². The second-order valence-corrected chi connectivity index (χ2v) is 5.62. The average molecular weight is 279 g/mol. The van der Waals surface area contributed by atoms with E-state index in [-0.39, 0.29) is 18.1 Å². The minimum absolute atomic E-state index is 0.0125. The first-order chi connectivity index (χ1) is 10.3. The number of nitrogens with zero attached hydrogens (tertiary/aromatic N) is 1. The van der Waals surface area contributed by atoms with E-state index >= 15 is 0 Å². The molecule has 0 unspecified atom stereocenters. The third-order valence-corrected chi connectivity index (χ3v) is 4.37. The van der Waals surface area contributed by atoms with Crippen LogP contribution in [0.4, 0.5) is 5.69 Å². The Bertz CT molecular complexity index is 698. The second kappa shape index (κ2) is 4.60. The van der Waals surface area contributed by atoms with E-state index in [1.54, 1.807) is 0 Å². The van der Waals surface area contributed by atoms with Crippen LogP contribution in [0.1, 0.15) is 40.1 Å². The van der Waals surface area contributed by atoms with Crippen molar-refractivity contribution in [2.45, 2.75) is 18.6 Å². The summed E-state index contributed by atoms with van der Waals surface area (Å²) in [7, 11) is 0. The smallest absolute Gasteiger partial charge is 0.255 e. The Morgan fingerprint density at radius 2 is 1.90 bits per heavy atom. The Hall–Kier alpha value is -2.33. The van der Waals surface area contributed by atoms with Crippen LogP contribution in [-0.4, -0.2) is 12.5 Å². The number of para-hydroxylation sites is 1. The molecular formula is C17H17N3O. The van der Waals surface area contributed by atoms with E-state index in [1.807, 2.05) is 48.5 Å². The fourth-order valence-electron chi connectivity index (χ4n) is 3.35. The Labute approximate surface area is 123 Å². The number of anilines is 1. The number of rotatable bonds is 1. The van der Waals surface area contributed by atoms with Gasteiger partial charge in [0.2, 0.25) is 0 Å². The Morgan fingerprint density at radius 3 is 2.71 bits per heavy atom. The van der Waals surface area contributed by atoms with Gasteiger partial charge in [-0.3, -0.25) is 4.79 Å². The van der Waals surface area contributed by atoms with Crippen molar-refractivity contribution in [3.8, 4) is 0 Å². The van der Waals surface area contributed by atoms with Crippen LogP contribution >= 0.6 is 0 Å². The van der Waals surface area contributed by atoms with Crippen LogP contribution in [-0.2, 0) is 0 Å². The Balaban J connectivity index is 1.88. The minimum atomic E-state index is -0.111. The molecule has 2 atom stereocenters. The van der Waals surface area contributed by atoms with E-state index < -0.39 is 0 Å². The number of amides is 1.